The van der Waals surface area contributed by atoms with Crippen molar-refractivity contribution < 1.29 is 4.79 Å². The maximum atomic E-state index is 13.1. The van der Waals surface area contributed by atoms with Crippen LogP contribution in [0, 0.1) is 0 Å². The maximum Gasteiger partial charge on any atom is 0.274 e. The third kappa shape index (κ3) is 3.90. The predicted octanol–water partition coefficient (Wildman–Crippen LogP) is 5.84. The van der Waals surface area contributed by atoms with Crippen LogP contribution in [-0.4, -0.2) is 15.8 Å². The molecule has 0 aliphatic rings. The highest BCUT2D eigenvalue weighted by molar-refractivity contribution is 7.20. The molecule has 0 spiro atoms. The van der Waals surface area contributed by atoms with Crippen LogP contribution in [0.15, 0.2) is 57.9 Å². The first kappa shape index (κ1) is 16.7. The SMILES string of the molecule is O=C(c1csc(-c2cccs2)n1)N(Cc1cccs1)Cc1cccs1. The van der Waals surface area contributed by atoms with Gasteiger partial charge in [-0.2, -0.15) is 0 Å². The number of hydrogen-bond acceptors (Lipinski definition) is 6. The quantitative estimate of drug-likeness (QED) is 0.406. The Morgan fingerprint density at radius 3 is 2.08 bits per heavy atom. The van der Waals surface area contributed by atoms with Crippen LogP contribution in [0.2, 0.25) is 0 Å². The third-order valence-corrected chi connectivity index (χ3v) is 7.20. The fraction of sp³-hybridized carbons (Fsp3) is 0.111. The van der Waals surface area contributed by atoms with E-state index >= 15 is 0 Å². The van der Waals surface area contributed by atoms with E-state index in [-0.39, 0.29) is 5.91 Å². The molecule has 0 aromatic carbocycles. The van der Waals surface area contributed by atoms with Gasteiger partial charge < -0.3 is 4.90 Å². The number of carbonyl (C=O) groups is 1. The first-order valence-electron chi connectivity index (χ1n) is 7.63. The molecule has 0 radical (unpaired) electrons. The highest BCUT2D eigenvalue weighted by atomic mass is 32.1. The van der Waals surface area contributed by atoms with E-state index in [2.05, 4.69) is 17.1 Å². The zero-order chi connectivity index (χ0) is 17.1. The van der Waals surface area contributed by atoms with E-state index in [0.717, 1.165) is 9.88 Å². The fourth-order valence-corrected chi connectivity index (χ4v) is 5.48. The summed E-state index contributed by atoms with van der Waals surface area (Å²) in [4.78, 5) is 23.0. The van der Waals surface area contributed by atoms with Gasteiger partial charge in [-0.15, -0.1) is 45.3 Å². The monoisotopic (exact) mass is 402 g/mol. The number of carbonyl (C=O) groups excluding carboxylic acids is 1. The number of thiazole rings is 1. The number of thiophene rings is 3. The van der Waals surface area contributed by atoms with E-state index in [9.17, 15) is 4.79 Å². The van der Waals surface area contributed by atoms with Gasteiger partial charge in [0.2, 0.25) is 0 Å². The molecule has 0 fully saturated rings. The molecule has 0 saturated carbocycles. The van der Waals surface area contributed by atoms with Crippen LogP contribution in [0.1, 0.15) is 20.2 Å². The first-order valence-corrected chi connectivity index (χ1v) is 11.1. The zero-order valence-corrected chi connectivity index (χ0v) is 16.4. The van der Waals surface area contributed by atoms with Crippen molar-refractivity contribution in [3.8, 4) is 9.88 Å². The lowest BCUT2D eigenvalue weighted by molar-refractivity contribution is 0.0728. The lowest BCUT2D eigenvalue weighted by atomic mass is 10.3. The summed E-state index contributed by atoms with van der Waals surface area (Å²) < 4.78 is 0. The van der Waals surface area contributed by atoms with Crippen molar-refractivity contribution in [1.29, 1.82) is 0 Å². The number of aromatic nitrogens is 1. The Hall–Kier alpha value is -1.80. The van der Waals surface area contributed by atoms with Crippen LogP contribution in [0.4, 0.5) is 0 Å². The molecule has 3 nitrogen and oxygen atoms in total. The molecule has 4 heterocycles. The second-order valence-electron chi connectivity index (χ2n) is 5.34. The summed E-state index contributed by atoms with van der Waals surface area (Å²) in [5, 5.41) is 8.89. The Morgan fingerprint density at radius 1 is 0.880 bits per heavy atom. The van der Waals surface area contributed by atoms with Gasteiger partial charge in [-0.3, -0.25) is 4.79 Å². The molecule has 0 atom stereocenters. The third-order valence-electron chi connectivity index (χ3n) is 3.60. The maximum absolute atomic E-state index is 13.1. The van der Waals surface area contributed by atoms with Crippen molar-refractivity contribution >= 4 is 51.3 Å². The molecule has 126 valence electrons. The van der Waals surface area contributed by atoms with Crippen LogP contribution in [0.3, 0.4) is 0 Å². The second-order valence-corrected chi connectivity index (χ2v) is 9.21. The minimum Gasteiger partial charge on any atom is -0.327 e. The largest absolute Gasteiger partial charge is 0.327 e. The molecular formula is C18H14N2OS4. The molecule has 0 N–H and O–H groups in total. The summed E-state index contributed by atoms with van der Waals surface area (Å²) in [7, 11) is 0. The highest BCUT2D eigenvalue weighted by Gasteiger charge is 2.21. The minimum atomic E-state index is -0.0131. The van der Waals surface area contributed by atoms with Gasteiger partial charge >= 0.3 is 0 Å². The van der Waals surface area contributed by atoms with Crippen LogP contribution in [0.25, 0.3) is 9.88 Å². The van der Waals surface area contributed by atoms with Gasteiger partial charge in [-0.1, -0.05) is 18.2 Å². The van der Waals surface area contributed by atoms with Crippen LogP contribution >= 0.6 is 45.3 Å². The van der Waals surface area contributed by atoms with Gasteiger partial charge in [-0.25, -0.2) is 4.98 Å². The van der Waals surface area contributed by atoms with Crippen molar-refractivity contribution in [2.75, 3.05) is 0 Å². The van der Waals surface area contributed by atoms with Crippen molar-refractivity contribution in [1.82, 2.24) is 9.88 Å². The molecule has 0 unspecified atom stereocenters. The molecule has 4 rings (SSSR count). The Balaban J connectivity index is 1.58. The zero-order valence-electron chi connectivity index (χ0n) is 13.1. The molecular weight excluding hydrogens is 388 g/mol. The molecule has 25 heavy (non-hydrogen) atoms. The summed E-state index contributed by atoms with van der Waals surface area (Å²) >= 11 is 6.52. The molecule has 4 aromatic rings. The van der Waals surface area contributed by atoms with Gasteiger partial charge in [-0.05, 0) is 34.3 Å². The Bertz CT molecular complexity index is 888. The van der Waals surface area contributed by atoms with Crippen molar-refractivity contribution in [2.45, 2.75) is 13.1 Å². The van der Waals surface area contributed by atoms with E-state index in [1.54, 1.807) is 34.0 Å². The number of rotatable bonds is 6. The summed E-state index contributed by atoms with van der Waals surface area (Å²) in [6.45, 7) is 1.22. The van der Waals surface area contributed by atoms with Crippen LogP contribution in [0.5, 0.6) is 0 Å². The van der Waals surface area contributed by atoms with Gasteiger partial charge in [0.25, 0.3) is 5.91 Å². The van der Waals surface area contributed by atoms with E-state index < -0.39 is 0 Å². The number of hydrogen-bond donors (Lipinski definition) is 0. The summed E-state index contributed by atoms with van der Waals surface area (Å²) in [6.07, 6.45) is 0. The minimum absolute atomic E-state index is 0.0131. The smallest absolute Gasteiger partial charge is 0.274 e. The molecule has 0 aliphatic carbocycles. The van der Waals surface area contributed by atoms with E-state index in [1.807, 2.05) is 50.7 Å². The Morgan fingerprint density at radius 2 is 1.52 bits per heavy atom. The van der Waals surface area contributed by atoms with Gasteiger partial charge in [0.1, 0.15) is 10.7 Å². The highest BCUT2D eigenvalue weighted by Crippen LogP contribution is 2.29. The van der Waals surface area contributed by atoms with Gasteiger partial charge in [0.05, 0.1) is 18.0 Å². The Labute approximate surface area is 161 Å². The van der Waals surface area contributed by atoms with E-state index in [0.29, 0.717) is 18.8 Å². The molecule has 0 saturated heterocycles. The Kier molecular flexibility index (Phi) is 5.07. The lowest BCUT2D eigenvalue weighted by Gasteiger charge is -2.20. The van der Waals surface area contributed by atoms with Gasteiger partial charge in [0.15, 0.2) is 0 Å². The first-order chi connectivity index (χ1) is 12.3. The fourth-order valence-electron chi connectivity index (χ4n) is 2.43. The molecule has 0 aliphatic heterocycles. The molecule has 1 amide bonds. The summed E-state index contributed by atoms with van der Waals surface area (Å²) in [6, 6.07) is 12.2. The molecule has 0 bridgehead atoms. The van der Waals surface area contributed by atoms with Crippen LogP contribution < -0.4 is 0 Å². The predicted molar refractivity (Wildman–Crippen MR) is 108 cm³/mol. The van der Waals surface area contributed by atoms with Crippen molar-refractivity contribution in [3.63, 3.8) is 0 Å². The van der Waals surface area contributed by atoms with Crippen molar-refractivity contribution in [3.05, 3.63) is 73.4 Å². The average molecular weight is 403 g/mol. The number of amides is 1. The normalized spacial score (nSPS) is 10.9. The topological polar surface area (TPSA) is 33.2 Å². The van der Waals surface area contributed by atoms with E-state index in [4.69, 9.17) is 0 Å². The standard InChI is InChI=1S/C18H14N2OS4/c21-18(15-12-25-17(19-15)16-6-3-9-24-16)20(10-13-4-1-7-22-13)11-14-5-2-8-23-14/h1-9,12H,10-11H2. The number of nitrogens with zero attached hydrogens (tertiary/aromatic N) is 2. The lowest BCUT2D eigenvalue weighted by Crippen LogP contribution is -2.29. The molecule has 7 heteroatoms. The molecule has 4 aromatic heterocycles. The summed E-state index contributed by atoms with van der Waals surface area (Å²) in [5.41, 5.74) is 0.529. The van der Waals surface area contributed by atoms with Gasteiger partial charge in [0, 0.05) is 15.1 Å². The average Bonchev–Trinajstić information content (AvgIpc) is 3.41. The summed E-state index contributed by atoms with van der Waals surface area (Å²) in [5.74, 6) is -0.0131. The second kappa shape index (κ2) is 7.61. The van der Waals surface area contributed by atoms with Crippen molar-refractivity contribution in [2.24, 2.45) is 0 Å². The van der Waals surface area contributed by atoms with Crippen LogP contribution in [-0.2, 0) is 13.1 Å². The van der Waals surface area contributed by atoms with E-state index in [1.165, 1.54) is 21.1 Å².